The number of hydroxylamine groups is 2. The second-order valence-electron chi connectivity index (χ2n) is 5.56. The maximum atomic E-state index is 6.03. The summed E-state index contributed by atoms with van der Waals surface area (Å²) < 4.78 is 5.36. The van der Waals surface area contributed by atoms with Crippen molar-refractivity contribution >= 4 is 0 Å². The number of fused-ring (bicyclic) bond motifs is 3. The molecular weight excluding hydrogens is 262 g/mol. The largest absolute Gasteiger partial charge is 0.379 e. The Morgan fingerprint density at radius 3 is 2.10 bits per heavy atom. The quantitative estimate of drug-likeness (QED) is 0.863. The molecule has 0 spiro atoms. The molecule has 0 amide bonds. The molecule has 1 fully saturated rings. The molecule has 0 bridgehead atoms. The van der Waals surface area contributed by atoms with Gasteiger partial charge in [0.2, 0.25) is 0 Å². The van der Waals surface area contributed by atoms with Crippen LogP contribution in [0.25, 0.3) is 11.1 Å². The number of morpholine rings is 1. The van der Waals surface area contributed by atoms with Crippen LogP contribution >= 0.6 is 0 Å². The Kier molecular flexibility index (Phi) is 3.47. The van der Waals surface area contributed by atoms with E-state index in [0.29, 0.717) is 12.5 Å². The van der Waals surface area contributed by atoms with Crippen molar-refractivity contribution < 1.29 is 9.57 Å². The van der Waals surface area contributed by atoms with Gasteiger partial charge in [0.25, 0.3) is 0 Å². The standard InChI is InChI=1S/C18H19NO2/c1-3-7-16-14(5-1)15-6-2-4-8-17(15)18(16)13-21-19-9-11-20-12-10-19/h1-8,18H,9-13H2. The molecular formula is C18H19NO2. The zero-order valence-electron chi connectivity index (χ0n) is 12.0. The van der Waals surface area contributed by atoms with E-state index >= 15 is 0 Å². The molecule has 4 rings (SSSR count). The number of hydrogen-bond donors (Lipinski definition) is 0. The monoisotopic (exact) mass is 281 g/mol. The van der Waals surface area contributed by atoms with Crippen molar-refractivity contribution in [2.45, 2.75) is 5.92 Å². The molecule has 0 N–H and O–H groups in total. The van der Waals surface area contributed by atoms with E-state index in [-0.39, 0.29) is 0 Å². The van der Waals surface area contributed by atoms with Gasteiger partial charge in [-0.15, -0.1) is 0 Å². The highest BCUT2D eigenvalue weighted by atomic mass is 16.7. The summed E-state index contributed by atoms with van der Waals surface area (Å²) in [5.41, 5.74) is 5.46. The smallest absolute Gasteiger partial charge is 0.0794 e. The molecule has 3 heteroatoms. The lowest BCUT2D eigenvalue weighted by Crippen LogP contribution is -2.37. The molecule has 2 aliphatic rings. The summed E-state index contributed by atoms with van der Waals surface area (Å²) in [6.45, 7) is 3.94. The van der Waals surface area contributed by atoms with Crippen molar-refractivity contribution in [3.8, 4) is 11.1 Å². The summed E-state index contributed by atoms with van der Waals surface area (Å²) in [6, 6.07) is 17.3. The molecule has 1 aliphatic carbocycles. The first-order chi connectivity index (χ1) is 10.4. The second kappa shape index (κ2) is 5.60. The number of ether oxygens (including phenoxy) is 1. The van der Waals surface area contributed by atoms with Gasteiger partial charge in [-0.2, -0.15) is 5.06 Å². The Hall–Kier alpha value is -1.68. The normalized spacial score (nSPS) is 18.5. The number of nitrogens with zero attached hydrogens (tertiary/aromatic N) is 1. The van der Waals surface area contributed by atoms with E-state index in [0.717, 1.165) is 26.3 Å². The average molecular weight is 281 g/mol. The zero-order chi connectivity index (χ0) is 14.1. The molecule has 0 radical (unpaired) electrons. The van der Waals surface area contributed by atoms with Crippen LogP contribution in [0.5, 0.6) is 0 Å². The lowest BCUT2D eigenvalue weighted by Gasteiger charge is -2.27. The van der Waals surface area contributed by atoms with E-state index in [2.05, 4.69) is 48.5 Å². The highest BCUT2D eigenvalue weighted by Crippen LogP contribution is 2.44. The third-order valence-electron chi connectivity index (χ3n) is 4.36. The Labute approximate surface area is 125 Å². The molecule has 0 aromatic heterocycles. The summed E-state index contributed by atoms with van der Waals surface area (Å²) in [6.07, 6.45) is 0. The molecule has 2 aromatic rings. The highest BCUT2D eigenvalue weighted by molar-refractivity contribution is 5.78. The van der Waals surface area contributed by atoms with Crippen molar-refractivity contribution in [2.24, 2.45) is 0 Å². The first-order valence-electron chi connectivity index (χ1n) is 7.57. The van der Waals surface area contributed by atoms with Crippen molar-refractivity contribution in [2.75, 3.05) is 32.9 Å². The number of benzene rings is 2. The average Bonchev–Trinajstić information content (AvgIpc) is 2.88. The molecule has 0 saturated carbocycles. The summed E-state index contributed by atoms with van der Waals surface area (Å²) in [5.74, 6) is 0.334. The summed E-state index contributed by atoms with van der Waals surface area (Å²) in [4.78, 5) is 6.03. The van der Waals surface area contributed by atoms with Crippen LogP contribution in [0.15, 0.2) is 48.5 Å². The van der Waals surface area contributed by atoms with E-state index in [9.17, 15) is 0 Å². The van der Waals surface area contributed by atoms with Crippen LogP contribution in [0.1, 0.15) is 17.0 Å². The van der Waals surface area contributed by atoms with E-state index in [1.807, 2.05) is 5.06 Å². The van der Waals surface area contributed by atoms with Gasteiger partial charge in [0.1, 0.15) is 0 Å². The van der Waals surface area contributed by atoms with Gasteiger partial charge in [0.05, 0.1) is 19.8 Å². The summed E-state index contributed by atoms with van der Waals surface area (Å²) in [7, 11) is 0. The minimum atomic E-state index is 0.334. The lowest BCUT2D eigenvalue weighted by molar-refractivity contribution is -0.195. The highest BCUT2D eigenvalue weighted by Gasteiger charge is 2.28. The fourth-order valence-corrected chi connectivity index (χ4v) is 3.30. The van der Waals surface area contributed by atoms with Crippen molar-refractivity contribution in [3.05, 3.63) is 59.7 Å². The predicted octanol–water partition coefficient (Wildman–Crippen LogP) is 3.06. The fourth-order valence-electron chi connectivity index (χ4n) is 3.30. The first kappa shape index (κ1) is 13.0. The molecule has 21 heavy (non-hydrogen) atoms. The van der Waals surface area contributed by atoms with Gasteiger partial charge in [-0.3, -0.25) is 4.84 Å². The number of rotatable bonds is 3. The summed E-state index contributed by atoms with van der Waals surface area (Å²) in [5, 5.41) is 2.03. The van der Waals surface area contributed by atoms with Gasteiger partial charge in [-0.1, -0.05) is 48.5 Å². The van der Waals surface area contributed by atoms with Gasteiger partial charge in [-0.25, -0.2) is 0 Å². The van der Waals surface area contributed by atoms with Crippen LogP contribution in [-0.4, -0.2) is 38.0 Å². The molecule has 1 saturated heterocycles. The molecule has 3 nitrogen and oxygen atoms in total. The van der Waals surface area contributed by atoms with Crippen LogP contribution in [-0.2, 0) is 9.57 Å². The first-order valence-corrected chi connectivity index (χ1v) is 7.57. The zero-order valence-corrected chi connectivity index (χ0v) is 12.0. The SMILES string of the molecule is c1ccc2c(c1)-c1ccccc1C2CON1CCOCC1. The van der Waals surface area contributed by atoms with E-state index in [1.165, 1.54) is 22.3 Å². The molecule has 0 unspecified atom stereocenters. The van der Waals surface area contributed by atoms with Crippen LogP contribution < -0.4 is 0 Å². The van der Waals surface area contributed by atoms with Gasteiger partial charge in [0.15, 0.2) is 0 Å². The minimum Gasteiger partial charge on any atom is -0.379 e. The Morgan fingerprint density at radius 2 is 1.48 bits per heavy atom. The third kappa shape index (κ3) is 2.38. The van der Waals surface area contributed by atoms with E-state index < -0.39 is 0 Å². The van der Waals surface area contributed by atoms with Gasteiger partial charge >= 0.3 is 0 Å². The van der Waals surface area contributed by atoms with Crippen LogP contribution in [0, 0.1) is 0 Å². The molecule has 0 atom stereocenters. The minimum absolute atomic E-state index is 0.334. The second-order valence-corrected chi connectivity index (χ2v) is 5.56. The van der Waals surface area contributed by atoms with E-state index in [1.54, 1.807) is 0 Å². The number of hydrogen-bond acceptors (Lipinski definition) is 3. The van der Waals surface area contributed by atoms with Crippen LogP contribution in [0.4, 0.5) is 0 Å². The topological polar surface area (TPSA) is 21.7 Å². The summed E-state index contributed by atoms with van der Waals surface area (Å²) >= 11 is 0. The van der Waals surface area contributed by atoms with Gasteiger partial charge in [0, 0.05) is 19.0 Å². The van der Waals surface area contributed by atoms with Gasteiger partial charge in [-0.05, 0) is 22.3 Å². The molecule has 2 aromatic carbocycles. The Balaban J connectivity index is 1.59. The predicted molar refractivity (Wildman–Crippen MR) is 82.1 cm³/mol. The van der Waals surface area contributed by atoms with Crippen molar-refractivity contribution in [3.63, 3.8) is 0 Å². The van der Waals surface area contributed by atoms with Crippen LogP contribution in [0.2, 0.25) is 0 Å². The van der Waals surface area contributed by atoms with Crippen LogP contribution in [0.3, 0.4) is 0 Å². The van der Waals surface area contributed by atoms with E-state index in [4.69, 9.17) is 9.57 Å². The molecule has 108 valence electrons. The fraction of sp³-hybridized carbons (Fsp3) is 0.333. The lowest BCUT2D eigenvalue weighted by atomic mass is 9.98. The maximum Gasteiger partial charge on any atom is 0.0794 e. The third-order valence-corrected chi connectivity index (χ3v) is 4.36. The maximum absolute atomic E-state index is 6.03. The van der Waals surface area contributed by atoms with Crippen molar-refractivity contribution in [1.29, 1.82) is 0 Å². The van der Waals surface area contributed by atoms with Crippen molar-refractivity contribution in [1.82, 2.24) is 5.06 Å². The Bertz CT molecular complexity index is 589. The van der Waals surface area contributed by atoms with Gasteiger partial charge < -0.3 is 4.74 Å². The molecule has 1 aliphatic heterocycles. The Morgan fingerprint density at radius 1 is 0.905 bits per heavy atom. The molecule has 1 heterocycles.